The Balaban J connectivity index is 2.37. The molecule has 2 aliphatic rings. The molecule has 2 heterocycles. The molecule has 2 saturated heterocycles. The van der Waals surface area contributed by atoms with Crippen molar-refractivity contribution in [2.75, 3.05) is 59.1 Å². The molecule has 2 aliphatic heterocycles. The van der Waals surface area contributed by atoms with Gasteiger partial charge in [-0.15, -0.1) is 0 Å². The lowest BCUT2D eigenvalue weighted by molar-refractivity contribution is -0.382. The van der Waals surface area contributed by atoms with Crippen molar-refractivity contribution < 1.29 is 103 Å². The van der Waals surface area contributed by atoms with E-state index in [2.05, 4.69) is 4.52 Å². The van der Waals surface area contributed by atoms with Crippen molar-refractivity contribution in [2.45, 2.75) is 54.8 Å². The van der Waals surface area contributed by atoms with E-state index in [-0.39, 0.29) is 6.54 Å². The van der Waals surface area contributed by atoms with E-state index in [0.717, 1.165) is 9.80 Å². The van der Waals surface area contributed by atoms with Gasteiger partial charge >= 0.3 is 31.7 Å². The smallest absolute Gasteiger partial charge is 0.469 e. The minimum Gasteiger partial charge on any atom is -0.480 e. The van der Waals surface area contributed by atoms with Gasteiger partial charge in [-0.25, -0.2) is 4.57 Å². The molecule has 0 aromatic rings. The van der Waals surface area contributed by atoms with E-state index >= 15 is 0 Å². The third kappa shape index (κ3) is 11.4. The van der Waals surface area contributed by atoms with Gasteiger partial charge in [-0.2, -0.15) is 0 Å². The molecule has 11 N–H and O–H groups in total. The molecule has 24 heteroatoms. The van der Waals surface area contributed by atoms with Crippen LogP contribution in [0.5, 0.6) is 0 Å². The summed E-state index contributed by atoms with van der Waals surface area (Å²) in [6.45, 7) is -7.42. The molecule has 2 fully saturated rings. The van der Waals surface area contributed by atoms with Crippen molar-refractivity contribution in [3.63, 3.8) is 0 Å². The summed E-state index contributed by atoms with van der Waals surface area (Å²) in [5, 5.41) is 88.0. The maximum absolute atomic E-state index is 13.0. The van der Waals surface area contributed by atoms with Crippen LogP contribution in [0.3, 0.4) is 0 Å². The van der Waals surface area contributed by atoms with E-state index in [1.165, 1.54) is 0 Å². The van der Waals surface area contributed by atoms with Crippen LogP contribution < -0.4 is 0 Å². The van der Waals surface area contributed by atoms with E-state index in [9.17, 15) is 69.3 Å². The first-order valence-corrected chi connectivity index (χ1v) is 14.8. The minimum atomic E-state index is -5.39. The SMILES string of the molecule is O=C(O)CN(CCN(CC(=O)O)CC(=O)O[C@H]1[C@H](O)[C@@H](CO)O[C@@]1(COP(=O)(O)O)O[C@H]1O[C@H](CO)[C@@H](O)[C@H](O)[C@H]1O)CC(=O)O. The van der Waals surface area contributed by atoms with Gasteiger partial charge in [-0.1, -0.05) is 0 Å². The normalized spacial score (nSPS) is 31.7. The van der Waals surface area contributed by atoms with Crippen LogP contribution in [-0.4, -0.2) is 203 Å². The Hall–Kier alpha value is -2.45. The predicted octanol–water partition coefficient (Wildman–Crippen LogP) is -6.87. The number of carbonyl (C=O) groups is 4. The molecule has 46 heavy (non-hydrogen) atoms. The number of carboxylic acid groups (broad SMARTS) is 3. The number of rotatable bonds is 19. The molecule has 2 rings (SSSR count). The lowest BCUT2D eigenvalue weighted by atomic mass is 9.99. The number of hydrogen-bond donors (Lipinski definition) is 11. The number of ether oxygens (including phenoxy) is 4. The van der Waals surface area contributed by atoms with Crippen molar-refractivity contribution in [1.82, 2.24) is 9.80 Å². The molecule has 0 amide bonds. The summed E-state index contributed by atoms with van der Waals surface area (Å²) in [6, 6.07) is 0. The zero-order valence-corrected chi connectivity index (χ0v) is 24.7. The number of carboxylic acids is 3. The van der Waals surface area contributed by atoms with E-state index < -0.39 is 139 Å². The van der Waals surface area contributed by atoms with Crippen molar-refractivity contribution in [3.8, 4) is 0 Å². The number of esters is 1. The fourth-order valence-electron chi connectivity index (χ4n) is 4.58. The summed E-state index contributed by atoms with van der Waals surface area (Å²) in [6.07, 6.45) is -15.7. The van der Waals surface area contributed by atoms with Crippen LogP contribution >= 0.6 is 7.82 Å². The maximum atomic E-state index is 13.0. The summed E-state index contributed by atoms with van der Waals surface area (Å²) >= 11 is 0. The first-order chi connectivity index (χ1) is 21.3. The number of hydrogen-bond acceptors (Lipinski definition) is 18. The fraction of sp³-hybridized carbons (Fsp3) is 0.818. The van der Waals surface area contributed by atoms with E-state index in [4.69, 9.17) is 29.2 Å². The maximum Gasteiger partial charge on any atom is 0.469 e. The Morgan fingerprint density at radius 2 is 1.24 bits per heavy atom. The molecule has 9 atom stereocenters. The predicted molar refractivity (Wildman–Crippen MR) is 139 cm³/mol. The summed E-state index contributed by atoms with van der Waals surface area (Å²) in [7, 11) is -5.39. The largest absolute Gasteiger partial charge is 0.480 e. The zero-order chi connectivity index (χ0) is 35.0. The number of nitrogens with zero attached hydrogens (tertiary/aromatic N) is 2. The number of phosphoric ester groups is 1. The van der Waals surface area contributed by atoms with Gasteiger partial charge in [0.1, 0.15) is 43.2 Å². The lowest BCUT2D eigenvalue weighted by Crippen LogP contribution is -2.63. The summed E-state index contributed by atoms with van der Waals surface area (Å²) in [5.41, 5.74) is 0. The van der Waals surface area contributed by atoms with E-state index in [0.29, 0.717) is 0 Å². The Morgan fingerprint density at radius 3 is 1.70 bits per heavy atom. The highest BCUT2D eigenvalue weighted by Crippen LogP contribution is 2.43. The van der Waals surface area contributed by atoms with Crippen molar-refractivity contribution in [1.29, 1.82) is 0 Å². The Kier molecular flexibility index (Phi) is 14.8. The molecule has 266 valence electrons. The Labute approximate surface area is 258 Å². The van der Waals surface area contributed by atoms with Crippen LogP contribution in [-0.2, 0) is 47.2 Å². The average Bonchev–Trinajstić information content (AvgIpc) is 3.19. The number of phosphoric acid groups is 1. The van der Waals surface area contributed by atoms with Gasteiger partial charge in [0.2, 0.25) is 5.79 Å². The van der Waals surface area contributed by atoms with E-state index in [1.54, 1.807) is 0 Å². The fourth-order valence-corrected chi connectivity index (χ4v) is 4.93. The highest BCUT2D eigenvalue weighted by molar-refractivity contribution is 7.46. The first kappa shape index (κ1) is 39.7. The lowest BCUT2D eigenvalue weighted by Gasteiger charge is -2.44. The molecule has 0 spiro atoms. The van der Waals surface area contributed by atoms with Gasteiger partial charge in [-0.05, 0) is 0 Å². The van der Waals surface area contributed by atoms with E-state index in [1.807, 2.05) is 0 Å². The second-order valence-corrected chi connectivity index (χ2v) is 11.5. The third-order valence-corrected chi connectivity index (χ3v) is 7.14. The quantitative estimate of drug-likeness (QED) is 0.0441. The molecule has 0 bridgehead atoms. The second kappa shape index (κ2) is 17.1. The summed E-state index contributed by atoms with van der Waals surface area (Å²) in [5.74, 6) is -8.49. The Bertz CT molecular complexity index is 1090. The number of aliphatic carboxylic acids is 3. The van der Waals surface area contributed by atoms with Gasteiger partial charge in [0.25, 0.3) is 0 Å². The van der Waals surface area contributed by atoms with Crippen LogP contribution in [0.15, 0.2) is 0 Å². The minimum absolute atomic E-state index is 0.360. The third-order valence-electron chi connectivity index (χ3n) is 6.67. The molecule has 23 nitrogen and oxygen atoms in total. The highest BCUT2D eigenvalue weighted by Gasteiger charge is 2.62. The summed E-state index contributed by atoms with van der Waals surface area (Å²) in [4.78, 5) is 67.0. The molecule has 0 unspecified atom stereocenters. The molecule has 0 aromatic heterocycles. The zero-order valence-electron chi connectivity index (χ0n) is 23.8. The van der Waals surface area contributed by atoms with Crippen molar-refractivity contribution >= 4 is 31.7 Å². The highest BCUT2D eigenvalue weighted by atomic mass is 31.2. The number of carbonyl (C=O) groups excluding carboxylic acids is 1. The topological polar surface area (TPSA) is 361 Å². The van der Waals surface area contributed by atoms with Crippen molar-refractivity contribution in [2.24, 2.45) is 0 Å². The Morgan fingerprint density at radius 1 is 0.739 bits per heavy atom. The van der Waals surface area contributed by atoms with Crippen LogP contribution in [0.2, 0.25) is 0 Å². The van der Waals surface area contributed by atoms with Gasteiger partial charge in [0.05, 0.1) is 39.4 Å². The molecule has 0 radical (unpaired) electrons. The molecule has 0 aliphatic carbocycles. The second-order valence-electron chi connectivity index (χ2n) is 10.2. The molecular weight excluding hydrogens is 659 g/mol. The number of aliphatic hydroxyl groups excluding tert-OH is 6. The summed E-state index contributed by atoms with van der Waals surface area (Å²) < 4.78 is 37.4. The molecule has 0 saturated carbocycles. The first-order valence-electron chi connectivity index (χ1n) is 13.3. The van der Waals surface area contributed by atoms with Crippen LogP contribution in [0.25, 0.3) is 0 Å². The van der Waals surface area contributed by atoms with Crippen LogP contribution in [0, 0.1) is 0 Å². The van der Waals surface area contributed by atoms with Gasteiger partial charge in [-0.3, -0.25) is 33.5 Å². The number of aliphatic hydroxyl groups is 6. The van der Waals surface area contributed by atoms with Gasteiger partial charge in [0.15, 0.2) is 12.4 Å². The van der Waals surface area contributed by atoms with Crippen molar-refractivity contribution in [3.05, 3.63) is 0 Å². The van der Waals surface area contributed by atoms with Crippen LogP contribution in [0.1, 0.15) is 0 Å². The van der Waals surface area contributed by atoms with Gasteiger partial charge < -0.3 is 74.7 Å². The van der Waals surface area contributed by atoms with Crippen LogP contribution in [0.4, 0.5) is 0 Å². The van der Waals surface area contributed by atoms with Gasteiger partial charge in [0, 0.05) is 13.1 Å². The monoisotopic (exact) mass is 696 g/mol. The molecular formula is C22H37N2O21P. The standard InChI is InChI=1S/C22H37N2O21P/c25-7-10-16(34)18(36)19(37)21(42-10)45-22(9-41-46(38,39)40)20(17(35)11(8-26)44-22)43-15(33)6-24(5-14(31)32)2-1-23(3-12(27)28)4-13(29)30/h10-11,16-21,25-26,34-37H,1-9H2,(H,27,28)(H,29,30)(H,31,32)(H2,38,39,40)/t10-,11-,16-,17-,18+,19-,20+,21-,22+/m1/s1. The average molecular weight is 697 g/mol. The molecule has 0 aromatic carbocycles.